The summed E-state index contributed by atoms with van der Waals surface area (Å²) in [6.07, 6.45) is 1.77. The van der Waals surface area contributed by atoms with Crippen LogP contribution in [0, 0.1) is 6.92 Å². The fourth-order valence-corrected chi connectivity index (χ4v) is 1.44. The first-order valence-electron chi connectivity index (χ1n) is 4.89. The van der Waals surface area contributed by atoms with Gasteiger partial charge in [0.2, 0.25) is 0 Å². The van der Waals surface area contributed by atoms with Crippen molar-refractivity contribution in [1.82, 2.24) is 9.97 Å². The van der Waals surface area contributed by atoms with E-state index in [0.717, 1.165) is 22.6 Å². The van der Waals surface area contributed by atoms with Gasteiger partial charge in [-0.15, -0.1) is 0 Å². The summed E-state index contributed by atoms with van der Waals surface area (Å²) in [5.41, 5.74) is 9.38. The highest BCUT2D eigenvalue weighted by Crippen LogP contribution is 2.18. The Labute approximate surface area is 89.0 Å². The van der Waals surface area contributed by atoms with Crippen molar-refractivity contribution >= 4 is 0 Å². The zero-order valence-electron chi connectivity index (χ0n) is 8.64. The van der Waals surface area contributed by atoms with E-state index in [1.54, 1.807) is 6.20 Å². The topological polar surface area (TPSA) is 51.8 Å². The van der Waals surface area contributed by atoms with Crippen molar-refractivity contribution in [2.45, 2.75) is 13.5 Å². The van der Waals surface area contributed by atoms with Gasteiger partial charge in [0.25, 0.3) is 0 Å². The van der Waals surface area contributed by atoms with E-state index in [9.17, 15) is 0 Å². The summed E-state index contributed by atoms with van der Waals surface area (Å²) >= 11 is 0. The maximum atomic E-state index is 5.56. The van der Waals surface area contributed by atoms with Crippen LogP contribution in [-0.4, -0.2) is 9.97 Å². The molecule has 0 amide bonds. The second-order valence-electron chi connectivity index (χ2n) is 3.39. The molecule has 3 heteroatoms. The van der Waals surface area contributed by atoms with E-state index in [1.165, 1.54) is 0 Å². The molecule has 0 fully saturated rings. The molecule has 3 nitrogen and oxygen atoms in total. The summed E-state index contributed by atoms with van der Waals surface area (Å²) in [5, 5.41) is 0. The Bertz CT molecular complexity index is 452. The number of pyridine rings is 2. The maximum absolute atomic E-state index is 5.56. The molecule has 0 aliphatic carbocycles. The van der Waals surface area contributed by atoms with Crippen LogP contribution < -0.4 is 5.73 Å². The molecular formula is C12H13N3. The van der Waals surface area contributed by atoms with Gasteiger partial charge in [-0.05, 0) is 30.7 Å². The lowest BCUT2D eigenvalue weighted by Gasteiger charge is -2.05. The van der Waals surface area contributed by atoms with E-state index in [1.807, 2.05) is 37.3 Å². The lowest BCUT2D eigenvalue weighted by Crippen LogP contribution is -2.01. The Morgan fingerprint density at radius 1 is 1.20 bits per heavy atom. The highest BCUT2D eigenvalue weighted by molar-refractivity contribution is 5.58. The molecule has 0 aliphatic rings. The van der Waals surface area contributed by atoms with E-state index in [2.05, 4.69) is 9.97 Å². The van der Waals surface area contributed by atoms with Gasteiger partial charge in [-0.1, -0.05) is 12.1 Å². The van der Waals surface area contributed by atoms with Crippen LogP contribution >= 0.6 is 0 Å². The number of hydrogen-bond donors (Lipinski definition) is 1. The van der Waals surface area contributed by atoms with E-state index in [0.29, 0.717) is 6.54 Å². The Balaban J connectivity index is 2.52. The molecule has 0 aliphatic heterocycles. The summed E-state index contributed by atoms with van der Waals surface area (Å²) in [6, 6.07) is 9.78. The van der Waals surface area contributed by atoms with Crippen LogP contribution in [-0.2, 0) is 6.54 Å². The predicted octanol–water partition coefficient (Wildman–Crippen LogP) is 1.91. The van der Waals surface area contributed by atoms with Crippen LogP contribution in [0.4, 0.5) is 0 Å². The minimum atomic E-state index is 0.458. The second-order valence-corrected chi connectivity index (χ2v) is 3.39. The lowest BCUT2D eigenvalue weighted by atomic mass is 10.1. The van der Waals surface area contributed by atoms with Crippen LogP contribution in [0.1, 0.15) is 11.3 Å². The van der Waals surface area contributed by atoms with Gasteiger partial charge in [-0.2, -0.15) is 0 Å². The highest BCUT2D eigenvalue weighted by Gasteiger charge is 2.04. The van der Waals surface area contributed by atoms with Crippen molar-refractivity contribution in [3.05, 3.63) is 47.8 Å². The van der Waals surface area contributed by atoms with Crippen LogP contribution in [0.25, 0.3) is 11.4 Å². The van der Waals surface area contributed by atoms with Gasteiger partial charge in [-0.25, -0.2) is 4.98 Å². The molecule has 2 heterocycles. The summed E-state index contributed by atoms with van der Waals surface area (Å²) in [4.78, 5) is 8.76. The van der Waals surface area contributed by atoms with Gasteiger partial charge in [-0.3, -0.25) is 4.98 Å². The predicted molar refractivity (Wildman–Crippen MR) is 60.1 cm³/mol. The molecule has 0 spiro atoms. The first kappa shape index (κ1) is 9.80. The molecular weight excluding hydrogens is 186 g/mol. The average molecular weight is 199 g/mol. The molecule has 76 valence electrons. The standard InChI is InChI=1S/C12H13N3/c1-9-5-6-10(8-13)15-12(9)11-4-2-3-7-14-11/h2-7H,8,13H2,1H3. The number of aromatic nitrogens is 2. The largest absolute Gasteiger partial charge is 0.325 e. The normalized spacial score (nSPS) is 10.3. The van der Waals surface area contributed by atoms with Gasteiger partial charge in [0.1, 0.15) is 0 Å². The number of aryl methyl sites for hydroxylation is 1. The van der Waals surface area contributed by atoms with E-state index >= 15 is 0 Å². The van der Waals surface area contributed by atoms with Gasteiger partial charge in [0, 0.05) is 12.7 Å². The molecule has 0 radical (unpaired) electrons. The molecule has 15 heavy (non-hydrogen) atoms. The third-order valence-corrected chi connectivity index (χ3v) is 2.27. The van der Waals surface area contributed by atoms with Gasteiger partial charge < -0.3 is 5.73 Å². The van der Waals surface area contributed by atoms with E-state index in [-0.39, 0.29) is 0 Å². The van der Waals surface area contributed by atoms with Gasteiger partial charge in [0.15, 0.2) is 0 Å². The molecule has 0 atom stereocenters. The molecule has 0 saturated heterocycles. The minimum Gasteiger partial charge on any atom is -0.325 e. The fraction of sp³-hybridized carbons (Fsp3) is 0.167. The van der Waals surface area contributed by atoms with Crippen LogP contribution in [0.15, 0.2) is 36.5 Å². The maximum Gasteiger partial charge on any atom is 0.0919 e. The smallest absolute Gasteiger partial charge is 0.0919 e. The SMILES string of the molecule is Cc1ccc(CN)nc1-c1ccccn1. The average Bonchev–Trinajstić information content (AvgIpc) is 2.31. The Morgan fingerprint density at radius 3 is 2.73 bits per heavy atom. The molecule has 0 saturated carbocycles. The van der Waals surface area contributed by atoms with E-state index < -0.39 is 0 Å². The van der Waals surface area contributed by atoms with Crippen LogP contribution in [0.3, 0.4) is 0 Å². The first-order chi connectivity index (χ1) is 7.31. The summed E-state index contributed by atoms with van der Waals surface area (Å²) in [7, 11) is 0. The van der Waals surface area contributed by atoms with Gasteiger partial charge in [0.05, 0.1) is 17.1 Å². The summed E-state index contributed by atoms with van der Waals surface area (Å²) in [5.74, 6) is 0. The zero-order chi connectivity index (χ0) is 10.7. The molecule has 0 bridgehead atoms. The van der Waals surface area contributed by atoms with Gasteiger partial charge >= 0.3 is 0 Å². The Morgan fingerprint density at radius 2 is 2.07 bits per heavy atom. The summed E-state index contributed by atoms with van der Waals surface area (Å²) < 4.78 is 0. The van der Waals surface area contributed by atoms with Crippen molar-refractivity contribution < 1.29 is 0 Å². The van der Waals surface area contributed by atoms with Crippen LogP contribution in [0.5, 0.6) is 0 Å². The van der Waals surface area contributed by atoms with E-state index in [4.69, 9.17) is 5.73 Å². The number of nitrogens with two attached hydrogens (primary N) is 1. The molecule has 2 aromatic heterocycles. The second kappa shape index (κ2) is 4.19. The van der Waals surface area contributed by atoms with Crippen molar-refractivity contribution in [2.24, 2.45) is 5.73 Å². The monoisotopic (exact) mass is 199 g/mol. The fourth-order valence-electron chi connectivity index (χ4n) is 1.44. The van der Waals surface area contributed by atoms with Crippen LogP contribution in [0.2, 0.25) is 0 Å². The Kier molecular flexibility index (Phi) is 2.74. The highest BCUT2D eigenvalue weighted by atomic mass is 14.8. The van der Waals surface area contributed by atoms with Crippen molar-refractivity contribution in [1.29, 1.82) is 0 Å². The first-order valence-corrected chi connectivity index (χ1v) is 4.89. The molecule has 0 unspecified atom stereocenters. The minimum absolute atomic E-state index is 0.458. The molecule has 2 N–H and O–H groups in total. The third-order valence-electron chi connectivity index (χ3n) is 2.27. The number of hydrogen-bond acceptors (Lipinski definition) is 3. The van der Waals surface area contributed by atoms with Crippen molar-refractivity contribution in [2.75, 3.05) is 0 Å². The quantitative estimate of drug-likeness (QED) is 0.803. The number of nitrogens with zero attached hydrogens (tertiary/aromatic N) is 2. The van der Waals surface area contributed by atoms with Crippen molar-refractivity contribution in [3.8, 4) is 11.4 Å². The number of rotatable bonds is 2. The zero-order valence-corrected chi connectivity index (χ0v) is 8.64. The third kappa shape index (κ3) is 2.02. The molecule has 2 rings (SSSR count). The summed E-state index contributed by atoms with van der Waals surface area (Å²) in [6.45, 7) is 2.48. The molecule has 0 aromatic carbocycles. The Hall–Kier alpha value is -1.74. The molecule has 2 aromatic rings. The van der Waals surface area contributed by atoms with Crippen molar-refractivity contribution in [3.63, 3.8) is 0 Å². The lowest BCUT2D eigenvalue weighted by molar-refractivity contribution is 0.985.